The van der Waals surface area contributed by atoms with Crippen molar-refractivity contribution in [2.45, 2.75) is 44.9 Å². The normalized spacial score (nSPS) is 14.8. The molecule has 2 heterocycles. The fourth-order valence-electron chi connectivity index (χ4n) is 3.98. The topological polar surface area (TPSA) is 85.2 Å². The van der Waals surface area contributed by atoms with Gasteiger partial charge in [-0.1, -0.05) is 12.8 Å². The van der Waals surface area contributed by atoms with Gasteiger partial charge in [-0.3, -0.25) is 9.59 Å². The van der Waals surface area contributed by atoms with Crippen molar-refractivity contribution in [3.8, 4) is 0 Å². The van der Waals surface area contributed by atoms with E-state index in [1.807, 2.05) is 19.2 Å². The monoisotopic (exact) mass is 400 g/mol. The van der Waals surface area contributed by atoms with Gasteiger partial charge in [-0.15, -0.1) is 0 Å². The zero-order valence-electron chi connectivity index (χ0n) is 17.5. The summed E-state index contributed by atoms with van der Waals surface area (Å²) in [5, 5.41) is 6.17. The van der Waals surface area contributed by atoms with Gasteiger partial charge in [0.1, 0.15) is 5.82 Å². The molecule has 29 heavy (non-hydrogen) atoms. The molecule has 1 amide bonds. The molecular weight excluding hydrogens is 368 g/mol. The van der Waals surface area contributed by atoms with E-state index in [-0.39, 0.29) is 24.8 Å². The van der Waals surface area contributed by atoms with Crippen molar-refractivity contribution in [2.75, 3.05) is 26.7 Å². The molecule has 158 valence electrons. The van der Waals surface area contributed by atoms with Gasteiger partial charge in [-0.2, -0.15) is 0 Å². The van der Waals surface area contributed by atoms with Gasteiger partial charge in [-0.05, 0) is 56.5 Å². The molecule has 1 saturated heterocycles. The summed E-state index contributed by atoms with van der Waals surface area (Å²) in [5.41, 5.74) is 2.42. The van der Waals surface area contributed by atoms with Gasteiger partial charge in [0.2, 0.25) is 0 Å². The van der Waals surface area contributed by atoms with Crippen LogP contribution >= 0.6 is 0 Å². The number of carbonyl (C=O) groups excluding carboxylic acids is 2. The highest BCUT2D eigenvalue weighted by molar-refractivity contribution is 5.97. The number of methoxy groups -OCH3 is 1. The number of hydrogen-bond donors (Lipinski definition) is 2. The fourth-order valence-corrected chi connectivity index (χ4v) is 3.98. The van der Waals surface area contributed by atoms with E-state index in [0.717, 1.165) is 48.7 Å². The van der Waals surface area contributed by atoms with Crippen molar-refractivity contribution in [3.63, 3.8) is 0 Å². The molecule has 3 rings (SSSR count). The Morgan fingerprint density at radius 1 is 1.28 bits per heavy atom. The number of amides is 1. The Kier molecular flexibility index (Phi) is 7.63. The highest BCUT2D eigenvalue weighted by Crippen LogP contribution is 2.21. The molecule has 1 aromatic carbocycles. The molecule has 0 aliphatic carbocycles. The zero-order valence-corrected chi connectivity index (χ0v) is 17.5. The van der Waals surface area contributed by atoms with Crippen LogP contribution in [0.2, 0.25) is 0 Å². The molecule has 2 aromatic rings. The minimum absolute atomic E-state index is 0.162. The Balaban J connectivity index is 1.54. The van der Waals surface area contributed by atoms with Gasteiger partial charge in [0.25, 0.3) is 5.91 Å². The number of aryl methyl sites for hydroxylation is 2. The maximum Gasteiger partial charge on any atom is 0.307 e. The van der Waals surface area contributed by atoms with Crippen molar-refractivity contribution in [2.24, 2.45) is 13.0 Å². The third kappa shape index (κ3) is 5.79. The van der Waals surface area contributed by atoms with Crippen molar-refractivity contribution in [3.05, 3.63) is 29.6 Å². The first-order chi connectivity index (χ1) is 14.1. The summed E-state index contributed by atoms with van der Waals surface area (Å²) >= 11 is 0. The van der Waals surface area contributed by atoms with Gasteiger partial charge < -0.3 is 19.9 Å². The number of nitrogens with zero attached hydrogens (tertiary/aromatic N) is 2. The lowest BCUT2D eigenvalue weighted by atomic mass is 9.92. The number of benzene rings is 1. The summed E-state index contributed by atoms with van der Waals surface area (Å²) in [5.74, 6) is 1.39. The van der Waals surface area contributed by atoms with Crippen LogP contribution in [0.1, 0.15) is 54.7 Å². The van der Waals surface area contributed by atoms with E-state index in [1.165, 1.54) is 32.8 Å². The summed E-state index contributed by atoms with van der Waals surface area (Å²) in [6.07, 6.45) is 7.41. The number of esters is 1. The van der Waals surface area contributed by atoms with E-state index in [9.17, 15) is 9.59 Å². The lowest BCUT2D eigenvalue weighted by Crippen LogP contribution is -2.27. The molecule has 1 fully saturated rings. The summed E-state index contributed by atoms with van der Waals surface area (Å²) in [7, 11) is 3.37. The third-order valence-electron chi connectivity index (χ3n) is 5.80. The van der Waals surface area contributed by atoms with Crippen LogP contribution in [0.15, 0.2) is 18.2 Å². The largest absolute Gasteiger partial charge is 0.469 e. The zero-order chi connectivity index (χ0) is 20.6. The molecule has 0 atom stereocenters. The van der Waals surface area contributed by atoms with Crippen LogP contribution < -0.4 is 10.6 Å². The first-order valence-electron chi connectivity index (χ1n) is 10.6. The highest BCUT2D eigenvalue weighted by atomic mass is 16.5. The standard InChI is InChI=1S/C22H32N4O3/c1-26-19-8-7-17(22(28)24-14-11-21(27)29-2)15-18(19)25-20(26)6-4-3-5-16-9-12-23-13-10-16/h7-8,15-16,23H,3-6,9-14H2,1-2H3,(H,24,28). The Labute approximate surface area is 172 Å². The Bertz CT molecular complexity index is 840. The SMILES string of the molecule is COC(=O)CCNC(=O)c1ccc2c(c1)nc(CCCCC1CCNCC1)n2C. The molecule has 0 bridgehead atoms. The smallest absolute Gasteiger partial charge is 0.307 e. The predicted molar refractivity (Wildman–Crippen MR) is 113 cm³/mol. The quantitative estimate of drug-likeness (QED) is 0.499. The van der Waals surface area contributed by atoms with E-state index in [1.54, 1.807) is 6.07 Å². The Morgan fingerprint density at radius 2 is 2.07 bits per heavy atom. The maximum atomic E-state index is 12.3. The van der Waals surface area contributed by atoms with Crippen LogP contribution in [0.5, 0.6) is 0 Å². The van der Waals surface area contributed by atoms with Crippen molar-refractivity contribution in [1.29, 1.82) is 0 Å². The first-order valence-corrected chi connectivity index (χ1v) is 10.6. The number of imidazole rings is 1. The van der Waals surface area contributed by atoms with Crippen LogP contribution in [-0.4, -0.2) is 48.2 Å². The summed E-state index contributed by atoms with van der Waals surface area (Å²) in [6.45, 7) is 2.58. The van der Waals surface area contributed by atoms with E-state index in [0.29, 0.717) is 5.56 Å². The summed E-state index contributed by atoms with van der Waals surface area (Å²) in [6, 6.07) is 5.57. The molecule has 1 aromatic heterocycles. The van der Waals surface area contributed by atoms with Gasteiger partial charge in [-0.25, -0.2) is 4.98 Å². The molecule has 1 aliphatic rings. The van der Waals surface area contributed by atoms with Crippen LogP contribution in [0, 0.1) is 5.92 Å². The second-order valence-corrected chi connectivity index (χ2v) is 7.81. The summed E-state index contributed by atoms with van der Waals surface area (Å²) in [4.78, 5) is 28.2. The molecule has 2 N–H and O–H groups in total. The lowest BCUT2D eigenvalue weighted by Gasteiger charge is -2.22. The van der Waals surface area contributed by atoms with Gasteiger partial charge in [0.05, 0.1) is 24.6 Å². The third-order valence-corrected chi connectivity index (χ3v) is 5.80. The van der Waals surface area contributed by atoms with Gasteiger partial charge >= 0.3 is 5.97 Å². The molecule has 0 radical (unpaired) electrons. The minimum Gasteiger partial charge on any atom is -0.469 e. The average molecular weight is 401 g/mol. The average Bonchev–Trinajstić information content (AvgIpc) is 3.06. The number of hydrogen-bond acceptors (Lipinski definition) is 5. The van der Waals surface area contributed by atoms with Gasteiger partial charge in [0.15, 0.2) is 0 Å². The van der Waals surface area contributed by atoms with E-state index >= 15 is 0 Å². The number of nitrogens with one attached hydrogen (secondary N) is 2. The molecule has 7 heteroatoms. The number of aromatic nitrogens is 2. The van der Waals surface area contributed by atoms with Crippen molar-refractivity contribution >= 4 is 22.9 Å². The van der Waals surface area contributed by atoms with E-state index < -0.39 is 0 Å². The molecule has 0 spiro atoms. The van der Waals surface area contributed by atoms with Crippen molar-refractivity contribution < 1.29 is 14.3 Å². The molecule has 0 saturated carbocycles. The number of piperidine rings is 1. The number of unbranched alkanes of at least 4 members (excludes halogenated alkanes) is 1. The Hall–Kier alpha value is -2.41. The maximum absolute atomic E-state index is 12.3. The number of carbonyl (C=O) groups is 2. The highest BCUT2D eigenvalue weighted by Gasteiger charge is 2.14. The number of rotatable bonds is 9. The fraction of sp³-hybridized carbons (Fsp3) is 0.591. The molecule has 7 nitrogen and oxygen atoms in total. The van der Waals surface area contributed by atoms with Crippen LogP contribution in [0.3, 0.4) is 0 Å². The van der Waals surface area contributed by atoms with E-state index in [4.69, 9.17) is 4.98 Å². The number of ether oxygens (including phenoxy) is 1. The Morgan fingerprint density at radius 3 is 2.83 bits per heavy atom. The molecular formula is C22H32N4O3. The first kappa shape index (κ1) is 21.3. The van der Waals surface area contributed by atoms with Gasteiger partial charge in [0, 0.05) is 25.6 Å². The molecule has 0 unspecified atom stereocenters. The lowest BCUT2D eigenvalue weighted by molar-refractivity contribution is -0.140. The summed E-state index contributed by atoms with van der Waals surface area (Å²) < 4.78 is 6.70. The number of fused-ring (bicyclic) bond motifs is 1. The second kappa shape index (κ2) is 10.4. The molecule has 1 aliphatic heterocycles. The minimum atomic E-state index is -0.338. The van der Waals surface area contributed by atoms with Crippen LogP contribution in [0.4, 0.5) is 0 Å². The predicted octanol–water partition coefficient (Wildman–Crippen LogP) is 2.58. The van der Waals surface area contributed by atoms with E-state index in [2.05, 4.69) is 19.9 Å². The van der Waals surface area contributed by atoms with Crippen LogP contribution in [-0.2, 0) is 23.0 Å². The van der Waals surface area contributed by atoms with Crippen LogP contribution in [0.25, 0.3) is 11.0 Å². The second-order valence-electron chi connectivity index (χ2n) is 7.81. The van der Waals surface area contributed by atoms with Crippen molar-refractivity contribution in [1.82, 2.24) is 20.2 Å².